The van der Waals surface area contributed by atoms with E-state index in [0.717, 1.165) is 89.9 Å². The molecule has 2 atom stereocenters. The summed E-state index contributed by atoms with van der Waals surface area (Å²) in [6.45, 7) is 4.36. The van der Waals surface area contributed by atoms with Gasteiger partial charge in [-0.2, -0.15) is 0 Å². The summed E-state index contributed by atoms with van der Waals surface area (Å²) in [6.07, 6.45) is 89.3. The number of likely N-dealkylation sites (N-methyl/N-ethyl adjacent to an activating group) is 1. The molecular weight excluding hydrogens is 1060 g/mol. The third-order valence-electron chi connectivity index (χ3n) is 15.1. The van der Waals surface area contributed by atoms with Gasteiger partial charge in [-0.15, -0.1) is 0 Å². The highest BCUT2D eigenvalue weighted by molar-refractivity contribution is 7.47. The number of phosphoric ester groups is 1. The maximum Gasteiger partial charge on any atom is 0.472 e. The molecule has 1 N–H and O–H groups in total. The lowest BCUT2D eigenvalue weighted by Gasteiger charge is -2.24. The van der Waals surface area contributed by atoms with Crippen LogP contribution in [0.25, 0.3) is 0 Å². The number of rotatable bonds is 64. The predicted octanol–water partition coefficient (Wildman–Crippen LogP) is 22.7. The van der Waals surface area contributed by atoms with E-state index in [1.165, 1.54) is 186 Å². The second kappa shape index (κ2) is 64.4. The van der Waals surface area contributed by atoms with E-state index < -0.39 is 26.5 Å². The summed E-state index contributed by atoms with van der Waals surface area (Å²) in [7, 11) is 1.48. The molecule has 0 saturated carbocycles. The Morgan fingerprint density at radius 2 is 0.679 bits per heavy atom. The van der Waals surface area contributed by atoms with E-state index in [4.69, 9.17) is 18.5 Å². The summed E-state index contributed by atoms with van der Waals surface area (Å²) < 4.78 is 34.7. The fraction of sp³-hybridized carbons (Fsp3) is 0.757. The van der Waals surface area contributed by atoms with Crippen LogP contribution in [0.5, 0.6) is 0 Å². The van der Waals surface area contributed by atoms with Crippen LogP contribution in [0.2, 0.25) is 0 Å². The van der Waals surface area contributed by atoms with E-state index in [1.807, 2.05) is 21.1 Å². The van der Waals surface area contributed by atoms with Crippen molar-refractivity contribution in [3.63, 3.8) is 0 Å². The number of allylic oxidation sites excluding steroid dienone is 16. The first-order valence-electron chi connectivity index (χ1n) is 35.0. The monoisotopic (exact) mass is 1190 g/mol. The van der Waals surface area contributed by atoms with E-state index >= 15 is 0 Å². The maximum atomic E-state index is 12.9. The third kappa shape index (κ3) is 68.0. The van der Waals surface area contributed by atoms with E-state index in [1.54, 1.807) is 0 Å². The zero-order valence-electron chi connectivity index (χ0n) is 55.4. The van der Waals surface area contributed by atoms with Gasteiger partial charge < -0.3 is 18.9 Å². The standard InChI is InChI=1S/C74H132NO8P/c1-6-8-10-12-14-16-18-20-22-24-26-28-30-31-32-33-34-35-36-37-38-39-40-41-42-43-45-47-49-51-53-55-57-59-61-63-65-67-74(77)83-72(71-82-84(78,79)81-69-68-75(3,4)5)70-80-73(76)66-64-62-60-58-56-54-52-50-48-46-44-29-27-25-23-21-19-17-15-13-11-9-7-2/h8,10,14,16,20,22,26,28,31-32,34-35,37-38,40-41,72H,6-7,9,11-13,15,17-19,21,23-25,27,29-30,33,36,39,42-71H2,1-5H3/p+1/b10-8-,16-14-,22-20-,28-26-,32-31-,35-34-,38-37-,41-40-. The molecule has 0 spiro atoms. The van der Waals surface area contributed by atoms with Crippen LogP contribution in [-0.4, -0.2) is 74.9 Å². The molecule has 0 fully saturated rings. The molecule has 10 heteroatoms. The molecule has 0 heterocycles. The van der Waals surface area contributed by atoms with Gasteiger partial charge in [-0.3, -0.25) is 18.6 Å². The van der Waals surface area contributed by atoms with Gasteiger partial charge in [0.2, 0.25) is 0 Å². The average molecular weight is 1200 g/mol. The average Bonchev–Trinajstić information content (AvgIpc) is 3.61. The van der Waals surface area contributed by atoms with E-state index in [-0.39, 0.29) is 25.6 Å². The molecule has 9 nitrogen and oxygen atoms in total. The van der Waals surface area contributed by atoms with Crippen molar-refractivity contribution in [2.45, 2.75) is 315 Å². The number of ether oxygens (including phenoxy) is 2. The lowest BCUT2D eigenvalue weighted by molar-refractivity contribution is -0.870. The number of nitrogens with zero attached hydrogens (tertiary/aromatic N) is 1. The quantitative estimate of drug-likeness (QED) is 0.0211. The number of phosphoric acid groups is 1. The summed E-state index contributed by atoms with van der Waals surface area (Å²) in [5, 5.41) is 0. The van der Waals surface area contributed by atoms with Gasteiger partial charge in [0.05, 0.1) is 27.7 Å². The maximum absolute atomic E-state index is 12.9. The number of carbonyl (C=O) groups is 2. The van der Waals surface area contributed by atoms with Crippen LogP contribution in [0.4, 0.5) is 0 Å². The van der Waals surface area contributed by atoms with Gasteiger partial charge in [0.15, 0.2) is 6.10 Å². The van der Waals surface area contributed by atoms with Crippen molar-refractivity contribution in [2.75, 3.05) is 47.5 Å². The highest BCUT2D eigenvalue weighted by atomic mass is 31.2. The van der Waals surface area contributed by atoms with E-state index in [2.05, 4.69) is 111 Å². The Balaban J connectivity index is 4.05. The van der Waals surface area contributed by atoms with E-state index in [9.17, 15) is 19.0 Å². The molecule has 0 bridgehead atoms. The fourth-order valence-corrected chi connectivity index (χ4v) is 10.5. The minimum absolute atomic E-state index is 0.0299. The van der Waals surface area contributed by atoms with Crippen LogP contribution in [0, 0.1) is 0 Å². The molecule has 84 heavy (non-hydrogen) atoms. The van der Waals surface area contributed by atoms with Crippen molar-refractivity contribution in [1.82, 2.24) is 0 Å². The minimum Gasteiger partial charge on any atom is -0.462 e. The van der Waals surface area contributed by atoms with Gasteiger partial charge in [-0.1, -0.05) is 317 Å². The molecule has 0 aliphatic rings. The summed E-state index contributed by atoms with van der Waals surface area (Å²) in [6, 6.07) is 0. The Morgan fingerprint density at radius 1 is 0.381 bits per heavy atom. The van der Waals surface area contributed by atoms with Gasteiger partial charge >= 0.3 is 19.8 Å². The summed E-state index contributed by atoms with van der Waals surface area (Å²) >= 11 is 0. The predicted molar refractivity (Wildman–Crippen MR) is 362 cm³/mol. The third-order valence-corrected chi connectivity index (χ3v) is 16.1. The van der Waals surface area contributed by atoms with Crippen LogP contribution in [0.3, 0.4) is 0 Å². The molecule has 0 aromatic carbocycles. The molecule has 0 aliphatic carbocycles. The van der Waals surface area contributed by atoms with Crippen molar-refractivity contribution in [2.24, 2.45) is 0 Å². The summed E-state index contributed by atoms with van der Waals surface area (Å²) in [4.78, 5) is 35.9. The zero-order chi connectivity index (χ0) is 61.2. The molecule has 0 aliphatic heterocycles. The largest absolute Gasteiger partial charge is 0.472 e. The molecule has 0 radical (unpaired) electrons. The number of quaternary nitrogens is 1. The summed E-state index contributed by atoms with van der Waals surface area (Å²) in [5.41, 5.74) is 0. The van der Waals surface area contributed by atoms with Crippen LogP contribution in [-0.2, 0) is 32.7 Å². The number of carbonyl (C=O) groups excluding carboxylic acids is 2. The number of hydrogen-bond acceptors (Lipinski definition) is 7. The van der Waals surface area contributed by atoms with Gasteiger partial charge in [-0.05, 0) is 77.0 Å². The Kier molecular flexibility index (Phi) is 62.1. The molecule has 0 aromatic rings. The normalized spacial score (nSPS) is 13.7. The lowest BCUT2D eigenvalue weighted by Crippen LogP contribution is -2.37. The van der Waals surface area contributed by atoms with Crippen LogP contribution in [0.1, 0.15) is 309 Å². The zero-order valence-corrected chi connectivity index (χ0v) is 56.3. The van der Waals surface area contributed by atoms with Crippen LogP contribution < -0.4 is 0 Å². The van der Waals surface area contributed by atoms with Gasteiger partial charge in [0, 0.05) is 12.8 Å². The molecule has 0 aromatic heterocycles. The molecule has 0 rings (SSSR count). The second-order valence-electron chi connectivity index (χ2n) is 24.5. The highest BCUT2D eigenvalue weighted by Gasteiger charge is 2.27. The lowest BCUT2D eigenvalue weighted by atomic mass is 10.0. The topological polar surface area (TPSA) is 108 Å². The minimum atomic E-state index is -4.39. The van der Waals surface area contributed by atoms with E-state index in [0.29, 0.717) is 23.9 Å². The Labute approximate surface area is 519 Å². The Bertz CT molecular complexity index is 1740. The first-order chi connectivity index (χ1) is 41.0. The molecular formula is C74H133NO8P+. The van der Waals surface area contributed by atoms with Gasteiger partial charge in [0.1, 0.15) is 19.8 Å². The van der Waals surface area contributed by atoms with Crippen molar-refractivity contribution >= 4 is 19.8 Å². The smallest absolute Gasteiger partial charge is 0.462 e. The van der Waals surface area contributed by atoms with Crippen LogP contribution >= 0.6 is 7.82 Å². The molecule has 486 valence electrons. The first-order valence-corrected chi connectivity index (χ1v) is 36.5. The fourth-order valence-electron chi connectivity index (χ4n) is 9.80. The van der Waals surface area contributed by atoms with Crippen LogP contribution in [0.15, 0.2) is 97.2 Å². The molecule has 2 unspecified atom stereocenters. The molecule has 0 saturated heterocycles. The van der Waals surface area contributed by atoms with Gasteiger partial charge in [-0.25, -0.2) is 4.57 Å². The first kappa shape index (κ1) is 80.9. The highest BCUT2D eigenvalue weighted by Crippen LogP contribution is 2.43. The van der Waals surface area contributed by atoms with Gasteiger partial charge in [0.25, 0.3) is 0 Å². The Hall–Kier alpha value is -3.07. The van der Waals surface area contributed by atoms with Crippen molar-refractivity contribution in [1.29, 1.82) is 0 Å². The molecule has 0 amide bonds. The number of unbranched alkanes of at least 4 members (excludes halogenated alkanes) is 34. The summed E-state index contributed by atoms with van der Waals surface area (Å²) in [5.74, 6) is -0.789. The Morgan fingerprint density at radius 3 is 1.01 bits per heavy atom. The van der Waals surface area contributed by atoms with Crippen molar-refractivity contribution in [3.8, 4) is 0 Å². The number of esters is 2. The SMILES string of the molecule is CC/C=C\C/C=C\C/C=C\C/C=C\C/C=C\C/C=C\C/C=C\C/C=C\CCCCCCCCCCCCCCC(=O)OC(COC(=O)CCCCCCCCCCCCCCCCCCCCCCCCC)COP(=O)(O)OCC[N+](C)(C)C. The van der Waals surface area contributed by atoms with Crippen molar-refractivity contribution < 1.29 is 42.1 Å². The number of hydrogen-bond donors (Lipinski definition) is 1. The van der Waals surface area contributed by atoms with Crippen molar-refractivity contribution in [3.05, 3.63) is 97.2 Å². The second-order valence-corrected chi connectivity index (χ2v) is 26.0.